The average molecular weight is 371 g/mol. The van der Waals surface area contributed by atoms with Gasteiger partial charge in [-0.3, -0.25) is 9.80 Å². The van der Waals surface area contributed by atoms with Crippen LogP contribution in [0.25, 0.3) is 0 Å². The molecule has 0 spiro atoms. The Morgan fingerprint density at radius 3 is 2.19 bits per heavy atom. The molecule has 1 atom stereocenters. The Balaban J connectivity index is 1.62. The molecule has 3 rings (SSSR count). The Hall–Kier alpha value is -0.860. The maximum Gasteiger partial charge on any atom is 0.0243 e. The van der Waals surface area contributed by atoms with Crippen molar-refractivity contribution in [1.29, 1.82) is 0 Å². The lowest BCUT2D eigenvalue weighted by atomic mass is 9.81. The molecular formula is C25H42N2. The van der Waals surface area contributed by atoms with E-state index in [1.807, 2.05) is 0 Å². The third kappa shape index (κ3) is 4.77. The number of nitrogens with zero attached hydrogens (tertiary/aromatic N) is 2. The zero-order chi connectivity index (χ0) is 19.8. The number of hydrogen-bond donors (Lipinski definition) is 0. The molecule has 1 aromatic rings. The number of hydrogen-bond acceptors (Lipinski definition) is 2. The van der Waals surface area contributed by atoms with E-state index in [2.05, 4.69) is 76.5 Å². The van der Waals surface area contributed by atoms with Crippen molar-refractivity contribution in [2.75, 3.05) is 13.1 Å². The van der Waals surface area contributed by atoms with Crippen molar-refractivity contribution >= 4 is 0 Å². The minimum atomic E-state index is 0.282. The lowest BCUT2D eigenvalue weighted by Gasteiger charge is -2.45. The van der Waals surface area contributed by atoms with Crippen LogP contribution < -0.4 is 0 Å². The normalized spacial score (nSPS) is 21.2. The minimum absolute atomic E-state index is 0.282. The van der Waals surface area contributed by atoms with Crippen LogP contribution in [0.15, 0.2) is 18.2 Å². The number of rotatable bonds is 6. The molecule has 2 heterocycles. The molecule has 2 aliphatic rings. The second kappa shape index (κ2) is 8.25. The summed E-state index contributed by atoms with van der Waals surface area (Å²) in [5.41, 5.74) is 4.91. The molecule has 1 unspecified atom stereocenters. The van der Waals surface area contributed by atoms with E-state index >= 15 is 0 Å². The standard InChI is InChI=1S/C25H42N2/c1-18(2)21-10-12-27(13-11-21)25(6,7)15-20(5)22-8-9-23-16-26(19(3)4)17-24(23)14-22/h8-9,14,18-21H,10-13,15-17H2,1-7H3. The smallest absolute Gasteiger partial charge is 0.0243 e. The highest BCUT2D eigenvalue weighted by Gasteiger charge is 2.33. The van der Waals surface area contributed by atoms with Gasteiger partial charge in [-0.15, -0.1) is 0 Å². The number of likely N-dealkylation sites (tertiary alicyclic amines) is 1. The predicted octanol–water partition coefficient (Wildman–Crippen LogP) is 6.05. The molecule has 0 aromatic heterocycles. The van der Waals surface area contributed by atoms with Gasteiger partial charge in [-0.25, -0.2) is 0 Å². The molecule has 2 aliphatic heterocycles. The number of fused-ring (bicyclic) bond motifs is 1. The second-order valence-corrected chi connectivity index (χ2v) is 10.5. The summed E-state index contributed by atoms with van der Waals surface area (Å²) in [4.78, 5) is 5.33. The van der Waals surface area contributed by atoms with Gasteiger partial charge in [0.05, 0.1) is 0 Å². The van der Waals surface area contributed by atoms with Crippen LogP contribution in [-0.2, 0) is 13.1 Å². The highest BCUT2D eigenvalue weighted by molar-refractivity contribution is 5.36. The lowest BCUT2D eigenvalue weighted by molar-refractivity contribution is 0.0545. The van der Waals surface area contributed by atoms with E-state index in [0.717, 1.165) is 24.9 Å². The van der Waals surface area contributed by atoms with E-state index < -0.39 is 0 Å². The van der Waals surface area contributed by atoms with Crippen molar-refractivity contribution in [1.82, 2.24) is 9.80 Å². The molecule has 0 amide bonds. The van der Waals surface area contributed by atoms with Crippen molar-refractivity contribution in [3.05, 3.63) is 34.9 Å². The van der Waals surface area contributed by atoms with Gasteiger partial charge in [0, 0.05) is 24.7 Å². The zero-order valence-electron chi connectivity index (χ0n) is 18.9. The zero-order valence-corrected chi connectivity index (χ0v) is 18.9. The van der Waals surface area contributed by atoms with Crippen LogP contribution in [0.2, 0.25) is 0 Å². The molecule has 0 saturated carbocycles. The number of piperidine rings is 1. The topological polar surface area (TPSA) is 6.48 Å². The summed E-state index contributed by atoms with van der Waals surface area (Å²) >= 11 is 0. The summed E-state index contributed by atoms with van der Waals surface area (Å²) in [5.74, 6) is 2.38. The monoisotopic (exact) mass is 370 g/mol. The van der Waals surface area contributed by atoms with Gasteiger partial charge >= 0.3 is 0 Å². The molecule has 0 radical (unpaired) electrons. The van der Waals surface area contributed by atoms with E-state index in [-0.39, 0.29) is 5.54 Å². The van der Waals surface area contributed by atoms with E-state index in [1.165, 1.54) is 43.5 Å². The van der Waals surface area contributed by atoms with Gasteiger partial charge in [0.2, 0.25) is 0 Å². The summed E-state index contributed by atoms with van der Waals surface area (Å²) in [7, 11) is 0. The van der Waals surface area contributed by atoms with Gasteiger partial charge in [-0.05, 0) is 94.5 Å². The van der Waals surface area contributed by atoms with Gasteiger partial charge in [0.1, 0.15) is 0 Å². The first kappa shape index (κ1) is 20.9. The fourth-order valence-corrected chi connectivity index (χ4v) is 5.28. The molecule has 1 saturated heterocycles. The molecule has 27 heavy (non-hydrogen) atoms. The first-order valence-corrected chi connectivity index (χ1v) is 11.3. The summed E-state index contributed by atoms with van der Waals surface area (Å²) < 4.78 is 0. The lowest BCUT2D eigenvalue weighted by Crippen LogP contribution is -2.49. The van der Waals surface area contributed by atoms with Gasteiger partial charge in [-0.2, -0.15) is 0 Å². The molecule has 0 aliphatic carbocycles. The van der Waals surface area contributed by atoms with Crippen LogP contribution in [0, 0.1) is 11.8 Å². The highest BCUT2D eigenvalue weighted by atomic mass is 15.2. The predicted molar refractivity (Wildman–Crippen MR) is 117 cm³/mol. The van der Waals surface area contributed by atoms with E-state index in [4.69, 9.17) is 0 Å². The quantitative estimate of drug-likeness (QED) is 0.601. The van der Waals surface area contributed by atoms with Gasteiger partial charge in [-0.1, -0.05) is 39.0 Å². The van der Waals surface area contributed by atoms with Crippen LogP contribution in [0.5, 0.6) is 0 Å². The third-order valence-corrected chi connectivity index (χ3v) is 7.42. The third-order valence-electron chi connectivity index (χ3n) is 7.42. The van der Waals surface area contributed by atoms with Gasteiger partial charge in [0.15, 0.2) is 0 Å². The van der Waals surface area contributed by atoms with Crippen LogP contribution in [-0.4, -0.2) is 34.5 Å². The Morgan fingerprint density at radius 2 is 1.59 bits per heavy atom. The summed E-state index contributed by atoms with van der Waals surface area (Å²) in [6.07, 6.45) is 3.99. The molecule has 0 bridgehead atoms. The Kier molecular flexibility index (Phi) is 6.37. The van der Waals surface area contributed by atoms with E-state index in [9.17, 15) is 0 Å². The van der Waals surface area contributed by atoms with Gasteiger partial charge in [0.25, 0.3) is 0 Å². The molecular weight excluding hydrogens is 328 g/mol. The van der Waals surface area contributed by atoms with Crippen LogP contribution in [0.3, 0.4) is 0 Å². The Bertz CT molecular complexity index is 623. The summed E-state index contributed by atoms with van der Waals surface area (Å²) in [6, 6.07) is 7.92. The van der Waals surface area contributed by atoms with E-state index in [0.29, 0.717) is 12.0 Å². The van der Waals surface area contributed by atoms with Crippen molar-refractivity contribution in [2.24, 2.45) is 11.8 Å². The van der Waals surface area contributed by atoms with Gasteiger partial charge < -0.3 is 0 Å². The largest absolute Gasteiger partial charge is 0.298 e. The van der Waals surface area contributed by atoms with E-state index in [1.54, 1.807) is 5.56 Å². The molecule has 0 N–H and O–H groups in total. The Morgan fingerprint density at radius 1 is 0.963 bits per heavy atom. The SMILES string of the molecule is CC(CC(C)(C)N1CCC(C(C)C)CC1)c1ccc2c(c1)CN(C(C)C)C2. The molecule has 152 valence electrons. The molecule has 2 heteroatoms. The van der Waals surface area contributed by atoms with Crippen molar-refractivity contribution in [2.45, 2.75) is 98.3 Å². The summed E-state index contributed by atoms with van der Waals surface area (Å²) in [6.45, 7) is 21.5. The Labute approximate surface area is 168 Å². The highest BCUT2D eigenvalue weighted by Crippen LogP contribution is 2.35. The fourth-order valence-electron chi connectivity index (χ4n) is 5.28. The first-order chi connectivity index (χ1) is 12.7. The molecule has 1 fully saturated rings. The van der Waals surface area contributed by atoms with Crippen molar-refractivity contribution in [3.8, 4) is 0 Å². The molecule has 1 aromatic carbocycles. The summed E-state index contributed by atoms with van der Waals surface area (Å²) in [5, 5.41) is 0. The maximum absolute atomic E-state index is 2.76. The molecule has 2 nitrogen and oxygen atoms in total. The maximum atomic E-state index is 2.76. The number of benzene rings is 1. The fraction of sp³-hybridized carbons (Fsp3) is 0.760. The van der Waals surface area contributed by atoms with Crippen LogP contribution >= 0.6 is 0 Å². The first-order valence-electron chi connectivity index (χ1n) is 11.3. The van der Waals surface area contributed by atoms with Crippen LogP contribution in [0.4, 0.5) is 0 Å². The van der Waals surface area contributed by atoms with Crippen molar-refractivity contribution in [3.63, 3.8) is 0 Å². The average Bonchev–Trinajstić information content (AvgIpc) is 3.05. The second-order valence-electron chi connectivity index (χ2n) is 10.5. The van der Waals surface area contributed by atoms with Crippen molar-refractivity contribution < 1.29 is 0 Å². The van der Waals surface area contributed by atoms with Crippen LogP contribution in [0.1, 0.15) is 90.3 Å². The minimum Gasteiger partial charge on any atom is -0.298 e.